The summed E-state index contributed by atoms with van der Waals surface area (Å²) >= 11 is 0. The molecular weight excluding hydrogens is 268 g/mol. The maximum atomic E-state index is 10.9. The van der Waals surface area contributed by atoms with Gasteiger partial charge in [-0.3, -0.25) is 10.1 Å². The molecule has 0 radical (unpaired) electrons. The van der Waals surface area contributed by atoms with Crippen molar-refractivity contribution in [2.24, 2.45) is 0 Å². The first kappa shape index (κ1) is 14.0. The second-order valence-electron chi connectivity index (χ2n) is 4.34. The summed E-state index contributed by atoms with van der Waals surface area (Å²) in [6, 6.07) is 13.4. The molecule has 0 saturated heterocycles. The van der Waals surface area contributed by atoms with Crippen LogP contribution in [0.25, 0.3) is 0 Å². The maximum absolute atomic E-state index is 10.9. The summed E-state index contributed by atoms with van der Waals surface area (Å²) in [5, 5.41) is 31.9. The van der Waals surface area contributed by atoms with Gasteiger partial charge in [-0.2, -0.15) is 10.5 Å². The summed E-state index contributed by atoms with van der Waals surface area (Å²) in [5.74, 6) is 0. The summed E-state index contributed by atoms with van der Waals surface area (Å²) in [6.07, 6.45) is 0. The molecule has 0 aliphatic rings. The van der Waals surface area contributed by atoms with Gasteiger partial charge in [0.15, 0.2) is 0 Å². The highest BCUT2D eigenvalue weighted by molar-refractivity contribution is 5.70. The molecule has 1 N–H and O–H groups in total. The Labute approximate surface area is 121 Å². The molecule has 2 rings (SSSR count). The second kappa shape index (κ2) is 5.72. The molecule has 102 valence electrons. The molecule has 0 aliphatic carbocycles. The Morgan fingerprint density at radius 1 is 1.19 bits per heavy atom. The van der Waals surface area contributed by atoms with Crippen molar-refractivity contribution in [2.75, 3.05) is 5.32 Å². The summed E-state index contributed by atoms with van der Waals surface area (Å²) in [7, 11) is 0. The van der Waals surface area contributed by atoms with Gasteiger partial charge in [-0.25, -0.2) is 0 Å². The fourth-order valence-electron chi connectivity index (χ4n) is 1.93. The van der Waals surface area contributed by atoms with E-state index in [0.717, 1.165) is 5.56 Å². The quantitative estimate of drug-likeness (QED) is 0.684. The number of anilines is 2. The lowest BCUT2D eigenvalue weighted by Gasteiger charge is -2.10. The zero-order chi connectivity index (χ0) is 15.4. The van der Waals surface area contributed by atoms with E-state index < -0.39 is 4.92 Å². The molecule has 21 heavy (non-hydrogen) atoms. The Kier molecular flexibility index (Phi) is 3.83. The minimum Gasteiger partial charge on any atom is -0.354 e. The van der Waals surface area contributed by atoms with Crippen LogP contribution in [0.4, 0.5) is 17.1 Å². The van der Waals surface area contributed by atoms with E-state index in [4.69, 9.17) is 10.5 Å². The molecule has 2 aromatic carbocycles. The van der Waals surface area contributed by atoms with E-state index in [1.165, 1.54) is 12.1 Å². The molecule has 2 aromatic rings. The third-order valence-electron chi connectivity index (χ3n) is 2.98. The van der Waals surface area contributed by atoms with Crippen molar-refractivity contribution >= 4 is 17.1 Å². The van der Waals surface area contributed by atoms with Gasteiger partial charge in [0.25, 0.3) is 5.69 Å². The summed E-state index contributed by atoms with van der Waals surface area (Å²) in [5.41, 5.74) is 2.03. The zero-order valence-electron chi connectivity index (χ0n) is 11.1. The smallest absolute Gasteiger partial charge is 0.289 e. The number of nitro groups is 1. The number of benzene rings is 2. The van der Waals surface area contributed by atoms with Gasteiger partial charge in [-0.05, 0) is 30.7 Å². The predicted octanol–water partition coefficient (Wildman–Crippen LogP) is 3.39. The third kappa shape index (κ3) is 2.80. The van der Waals surface area contributed by atoms with E-state index in [2.05, 4.69) is 11.4 Å². The predicted molar refractivity (Wildman–Crippen MR) is 77.0 cm³/mol. The van der Waals surface area contributed by atoms with Gasteiger partial charge in [0.05, 0.1) is 16.2 Å². The first-order valence-electron chi connectivity index (χ1n) is 6.02. The van der Waals surface area contributed by atoms with Crippen LogP contribution in [0.1, 0.15) is 16.7 Å². The first-order chi connectivity index (χ1) is 10.1. The molecule has 0 bridgehead atoms. The summed E-state index contributed by atoms with van der Waals surface area (Å²) < 4.78 is 0. The largest absolute Gasteiger partial charge is 0.354 e. The molecule has 0 aromatic heterocycles. The number of nitriles is 2. The molecule has 0 aliphatic heterocycles. The van der Waals surface area contributed by atoms with Crippen LogP contribution >= 0.6 is 0 Å². The standard InChI is InChI=1S/C15H10N4O2/c1-10-3-2-4-14(13(10)9-17)18-12-6-5-11(8-16)15(7-12)19(20)21/h2-7,18H,1H3. The van der Waals surface area contributed by atoms with E-state index in [1.54, 1.807) is 24.3 Å². The Morgan fingerprint density at radius 2 is 1.95 bits per heavy atom. The van der Waals surface area contributed by atoms with Crippen molar-refractivity contribution in [2.45, 2.75) is 6.92 Å². The van der Waals surface area contributed by atoms with Crippen LogP contribution in [0.3, 0.4) is 0 Å². The molecule has 0 heterocycles. The fraction of sp³-hybridized carbons (Fsp3) is 0.0667. The van der Waals surface area contributed by atoms with Crippen LogP contribution in [0, 0.1) is 39.7 Å². The number of nitrogens with one attached hydrogen (secondary N) is 1. The van der Waals surface area contributed by atoms with Gasteiger partial charge < -0.3 is 5.32 Å². The van der Waals surface area contributed by atoms with Crippen LogP contribution in [0.2, 0.25) is 0 Å². The van der Waals surface area contributed by atoms with Crippen LogP contribution in [-0.4, -0.2) is 4.92 Å². The molecule has 0 unspecified atom stereocenters. The van der Waals surface area contributed by atoms with Crippen LogP contribution in [0.5, 0.6) is 0 Å². The average Bonchev–Trinajstić information content (AvgIpc) is 2.47. The lowest BCUT2D eigenvalue weighted by Crippen LogP contribution is -1.98. The van der Waals surface area contributed by atoms with Gasteiger partial charge in [0.2, 0.25) is 0 Å². The van der Waals surface area contributed by atoms with Gasteiger partial charge >= 0.3 is 0 Å². The Morgan fingerprint density at radius 3 is 2.57 bits per heavy atom. The number of nitro benzene ring substituents is 1. The molecule has 6 heteroatoms. The van der Waals surface area contributed by atoms with Crippen molar-refractivity contribution in [3.63, 3.8) is 0 Å². The Bertz CT molecular complexity index is 800. The molecule has 6 nitrogen and oxygen atoms in total. The van der Waals surface area contributed by atoms with E-state index in [-0.39, 0.29) is 11.3 Å². The van der Waals surface area contributed by atoms with Crippen LogP contribution in [0.15, 0.2) is 36.4 Å². The van der Waals surface area contributed by atoms with Crippen molar-refractivity contribution in [3.05, 3.63) is 63.2 Å². The first-order valence-corrected chi connectivity index (χ1v) is 6.02. The topological polar surface area (TPSA) is 103 Å². The Balaban J connectivity index is 2.45. The maximum Gasteiger partial charge on any atom is 0.289 e. The molecule has 0 amide bonds. The van der Waals surface area contributed by atoms with E-state index in [9.17, 15) is 10.1 Å². The summed E-state index contributed by atoms with van der Waals surface area (Å²) in [4.78, 5) is 10.3. The number of nitrogens with zero attached hydrogens (tertiary/aromatic N) is 3. The molecular formula is C15H10N4O2. The van der Waals surface area contributed by atoms with E-state index in [1.807, 2.05) is 13.0 Å². The zero-order valence-corrected chi connectivity index (χ0v) is 11.1. The minimum absolute atomic E-state index is 0.00435. The van der Waals surface area contributed by atoms with Crippen molar-refractivity contribution in [1.29, 1.82) is 10.5 Å². The highest BCUT2D eigenvalue weighted by atomic mass is 16.6. The molecule has 0 atom stereocenters. The van der Waals surface area contributed by atoms with Crippen LogP contribution in [-0.2, 0) is 0 Å². The second-order valence-corrected chi connectivity index (χ2v) is 4.34. The highest BCUT2D eigenvalue weighted by Crippen LogP contribution is 2.27. The lowest BCUT2D eigenvalue weighted by molar-refractivity contribution is -0.385. The van der Waals surface area contributed by atoms with Crippen LogP contribution < -0.4 is 5.32 Å². The number of hydrogen-bond acceptors (Lipinski definition) is 5. The fourth-order valence-corrected chi connectivity index (χ4v) is 1.93. The average molecular weight is 278 g/mol. The van der Waals surface area contributed by atoms with E-state index in [0.29, 0.717) is 16.9 Å². The van der Waals surface area contributed by atoms with Gasteiger partial charge in [-0.1, -0.05) is 12.1 Å². The highest BCUT2D eigenvalue weighted by Gasteiger charge is 2.15. The third-order valence-corrected chi connectivity index (χ3v) is 2.98. The van der Waals surface area contributed by atoms with Gasteiger partial charge in [0, 0.05) is 11.8 Å². The van der Waals surface area contributed by atoms with Crippen molar-refractivity contribution in [3.8, 4) is 12.1 Å². The van der Waals surface area contributed by atoms with Crippen molar-refractivity contribution in [1.82, 2.24) is 0 Å². The minimum atomic E-state index is -0.606. The van der Waals surface area contributed by atoms with Gasteiger partial charge in [-0.15, -0.1) is 0 Å². The monoisotopic (exact) mass is 278 g/mol. The van der Waals surface area contributed by atoms with Crippen molar-refractivity contribution < 1.29 is 4.92 Å². The molecule has 0 spiro atoms. The SMILES string of the molecule is Cc1cccc(Nc2ccc(C#N)c([N+](=O)[O-])c2)c1C#N. The number of aryl methyl sites for hydroxylation is 1. The Hall–Kier alpha value is -3.38. The lowest BCUT2D eigenvalue weighted by atomic mass is 10.1. The number of rotatable bonds is 3. The normalized spacial score (nSPS) is 9.48. The molecule has 0 fully saturated rings. The molecule has 0 saturated carbocycles. The number of hydrogen-bond donors (Lipinski definition) is 1. The summed E-state index contributed by atoms with van der Waals surface area (Å²) in [6.45, 7) is 1.81. The van der Waals surface area contributed by atoms with Gasteiger partial charge in [0.1, 0.15) is 17.7 Å². The van der Waals surface area contributed by atoms with E-state index >= 15 is 0 Å².